The van der Waals surface area contributed by atoms with Gasteiger partial charge >= 0.3 is 0 Å². The lowest BCUT2D eigenvalue weighted by Gasteiger charge is -2.11. The second-order valence-electron chi connectivity index (χ2n) is 4.56. The number of nitrogens with two attached hydrogens (primary N) is 1. The van der Waals surface area contributed by atoms with Crippen LogP contribution in [0.3, 0.4) is 0 Å². The largest absolute Gasteiger partial charge is 0.361 e. The molecule has 1 aliphatic carbocycles. The lowest BCUT2D eigenvalue weighted by Crippen LogP contribution is -2.14. The summed E-state index contributed by atoms with van der Waals surface area (Å²) in [6, 6.07) is 9.10. The summed E-state index contributed by atoms with van der Waals surface area (Å²) in [5.74, 6) is 0.666. The molecule has 0 bridgehead atoms. The van der Waals surface area contributed by atoms with Gasteiger partial charge in [-0.05, 0) is 42.9 Å². The van der Waals surface area contributed by atoms with Crippen LogP contribution in [0.25, 0.3) is 10.9 Å². The van der Waals surface area contributed by atoms with Gasteiger partial charge in [0.15, 0.2) is 0 Å². The van der Waals surface area contributed by atoms with Gasteiger partial charge in [-0.15, -0.1) is 0 Å². The molecule has 2 heteroatoms. The molecule has 1 heterocycles. The number of fused-ring (bicyclic) bond motifs is 1. The van der Waals surface area contributed by atoms with Gasteiger partial charge in [0, 0.05) is 23.1 Å². The zero-order chi connectivity index (χ0) is 10.3. The number of rotatable bonds is 1. The second-order valence-corrected chi connectivity index (χ2v) is 4.56. The van der Waals surface area contributed by atoms with Crippen LogP contribution in [-0.2, 0) is 0 Å². The molecule has 78 valence electrons. The van der Waals surface area contributed by atoms with E-state index in [0.717, 1.165) is 6.42 Å². The average Bonchev–Trinajstić information content (AvgIpc) is 2.84. The summed E-state index contributed by atoms with van der Waals surface area (Å²) in [6.45, 7) is 0. The van der Waals surface area contributed by atoms with Crippen LogP contribution in [-0.4, -0.2) is 11.0 Å². The molecule has 3 rings (SSSR count). The van der Waals surface area contributed by atoms with Gasteiger partial charge in [-0.1, -0.05) is 12.1 Å². The number of nitrogens with one attached hydrogen (secondary N) is 1. The maximum atomic E-state index is 5.97. The number of hydrogen-bond donors (Lipinski definition) is 2. The van der Waals surface area contributed by atoms with Crippen molar-refractivity contribution in [3.63, 3.8) is 0 Å². The normalized spacial score (nSPS) is 26.2. The Bertz CT molecular complexity index is 472. The molecule has 2 nitrogen and oxygen atoms in total. The van der Waals surface area contributed by atoms with Gasteiger partial charge < -0.3 is 10.7 Å². The van der Waals surface area contributed by atoms with Crippen molar-refractivity contribution in [3.05, 3.63) is 36.0 Å². The zero-order valence-corrected chi connectivity index (χ0v) is 8.74. The lowest BCUT2D eigenvalue weighted by molar-refractivity contribution is 0.677. The van der Waals surface area contributed by atoms with Crippen LogP contribution in [0.4, 0.5) is 0 Å². The quantitative estimate of drug-likeness (QED) is 0.730. The van der Waals surface area contributed by atoms with Crippen molar-refractivity contribution in [2.75, 3.05) is 0 Å². The van der Waals surface area contributed by atoms with Crippen molar-refractivity contribution in [2.24, 2.45) is 5.73 Å². The van der Waals surface area contributed by atoms with E-state index < -0.39 is 0 Å². The van der Waals surface area contributed by atoms with E-state index in [1.807, 2.05) is 6.20 Å². The Hall–Kier alpha value is -1.28. The van der Waals surface area contributed by atoms with Crippen molar-refractivity contribution in [2.45, 2.75) is 31.2 Å². The first-order valence-electron chi connectivity index (χ1n) is 5.66. The molecular weight excluding hydrogens is 184 g/mol. The Morgan fingerprint density at radius 3 is 2.93 bits per heavy atom. The molecule has 2 aromatic rings. The summed E-state index contributed by atoms with van der Waals surface area (Å²) in [5, 5.41) is 1.37. The number of benzene rings is 1. The van der Waals surface area contributed by atoms with Crippen LogP contribution in [0.15, 0.2) is 30.5 Å². The maximum absolute atomic E-state index is 5.97. The average molecular weight is 200 g/mol. The molecule has 0 saturated heterocycles. The predicted octanol–water partition coefficient (Wildman–Crippen LogP) is 2.76. The highest BCUT2D eigenvalue weighted by Crippen LogP contribution is 2.36. The van der Waals surface area contributed by atoms with E-state index in [9.17, 15) is 0 Å². The number of aromatic nitrogens is 1. The highest BCUT2D eigenvalue weighted by Gasteiger charge is 2.24. The summed E-state index contributed by atoms with van der Waals surface area (Å²) in [4.78, 5) is 3.26. The smallest absolute Gasteiger partial charge is 0.0456 e. The van der Waals surface area contributed by atoms with Gasteiger partial charge in [-0.25, -0.2) is 0 Å². The third-order valence-electron chi connectivity index (χ3n) is 3.54. The standard InChI is InChI=1S/C13H16N2/c14-10-5-4-9(8-10)11-2-1-3-13-12(11)6-7-15-13/h1-3,6-7,9-10,15H,4-5,8,14H2. The molecule has 0 spiro atoms. The monoisotopic (exact) mass is 200 g/mol. The van der Waals surface area contributed by atoms with Gasteiger partial charge in [0.05, 0.1) is 0 Å². The third kappa shape index (κ3) is 1.45. The zero-order valence-electron chi connectivity index (χ0n) is 8.74. The first-order valence-corrected chi connectivity index (χ1v) is 5.66. The van der Waals surface area contributed by atoms with Crippen molar-refractivity contribution in [3.8, 4) is 0 Å². The minimum Gasteiger partial charge on any atom is -0.361 e. The van der Waals surface area contributed by atoms with Crippen LogP contribution in [0, 0.1) is 0 Å². The first kappa shape index (κ1) is 8.98. The van der Waals surface area contributed by atoms with Gasteiger partial charge in [0.25, 0.3) is 0 Å². The topological polar surface area (TPSA) is 41.8 Å². The van der Waals surface area contributed by atoms with E-state index in [1.165, 1.54) is 29.3 Å². The van der Waals surface area contributed by atoms with Crippen LogP contribution in [0.1, 0.15) is 30.7 Å². The molecule has 0 aliphatic heterocycles. The van der Waals surface area contributed by atoms with Crippen LogP contribution in [0.2, 0.25) is 0 Å². The van der Waals surface area contributed by atoms with Gasteiger partial charge in [0.2, 0.25) is 0 Å². The highest BCUT2D eigenvalue weighted by atomic mass is 14.7. The third-order valence-corrected chi connectivity index (χ3v) is 3.54. The van der Waals surface area contributed by atoms with E-state index in [0.29, 0.717) is 12.0 Å². The Morgan fingerprint density at radius 2 is 2.13 bits per heavy atom. The fourth-order valence-corrected chi connectivity index (χ4v) is 2.76. The molecular formula is C13H16N2. The molecule has 1 aliphatic rings. The molecule has 1 fully saturated rings. The van der Waals surface area contributed by atoms with Crippen molar-refractivity contribution in [1.29, 1.82) is 0 Å². The fraction of sp³-hybridized carbons (Fsp3) is 0.385. The molecule has 3 N–H and O–H groups in total. The maximum Gasteiger partial charge on any atom is 0.0456 e. The Morgan fingerprint density at radius 1 is 1.20 bits per heavy atom. The van der Waals surface area contributed by atoms with Crippen molar-refractivity contribution >= 4 is 10.9 Å². The number of hydrogen-bond acceptors (Lipinski definition) is 1. The second kappa shape index (κ2) is 3.38. The summed E-state index contributed by atoms with van der Waals surface area (Å²) < 4.78 is 0. The van der Waals surface area contributed by atoms with E-state index in [4.69, 9.17) is 5.73 Å². The first-order chi connectivity index (χ1) is 7.34. The molecule has 15 heavy (non-hydrogen) atoms. The predicted molar refractivity (Wildman–Crippen MR) is 62.9 cm³/mol. The molecule has 2 unspecified atom stereocenters. The molecule has 1 aromatic heterocycles. The van der Waals surface area contributed by atoms with Gasteiger partial charge in [0.1, 0.15) is 0 Å². The summed E-state index contributed by atoms with van der Waals surface area (Å²) >= 11 is 0. The van der Waals surface area contributed by atoms with Crippen molar-refractivity contribution in [1.82, 2.24) is 4.98 Å². The Labute approximate surface area is 89.5 Å². The van der Waals surface area contributed by atoms with Gasteiger partial charge in [-0.3, -0.25) is 0 Å². The minimum atomic E-state index is 0.407. The Balaban J connectivity index is 2.06. The van der Waals surface area contributed by atoms with Crippen molar-refractivity contribution < 1.29 is 0 Å². The van der Waals surface area contributed by atoms with Crippen LogP contribution >= 0.6 is 0 Å². The van der Waals surface area contributed by atoms with Gasteiger partial charge in [-0.2, -0.15) is 0 Å². The molecule has 0 amide bonds. The minimum absolute atomic E-state index is 0.407. The number of aromatic amines is 1. The summed E-state index contributed by atoms with van der Waals surface area (Å²) in [7, 11) is 0. The fourth-order valence-electron chi connectivity index (χ4n) is 2.76. The summed E-state index contributed by atoms with van der Waals surface area (Å²) in [5.41, 5.74) is 8.69. The van der Waals surface area contributed by atoms with Crippen LogP contribution < -0.4 is 5.73 Å². The van der Waals surface area contributed by atoms with E-state index in [1.54, 1.807) is 0 Å². The molecule has 0 radical (unpaired) electrons. The SMILES string of the molecule is NC1CCC(c2cccc3[nH]ccc23)C1. The number of H-pyrrole nitrogens is 1. The molecule has 2 atom stereocenters. The summed E-state index contributed by atoms with van der Waals surface area (Å²) in [6.07, 6.45) is 5.57. The highest BCUT2D eigenvalue weighted by molar-refractivity contribution is 5.83. The molecule has 1 aromatic carbocycles. The van der Waals surface area contributed by atoms with E-state index in [2.05, 4.69) is 29.2 Å². The molecule has 1 saturated carbocycles. The Kier molecular flexibility index (Phi) is 2.03. The lowest BCUT2D eigenvalue weighted by atomic mass is 9.94. The van der Waals surface area contributed by atoms with E-state index >= 15 is 0 Å². The van der Waals surface area contributed by atoms with Crippen LogP contribution in [0.5, 0.6) is 0 Å². The van der Waals surface area contributed by atoms with E-state index in [-0.39, 0.29) is 0 Å².